The van der Waals surface area contributed by atoms with Crippen LogP contribution in [-0.2, 0) is 6.54 Å². The first-order valence-electron chi connectivity index (χ1n) is 4.76. The van der Waals surface area contributed by atoms with Crippen LogP contribution in [0.3, 0.4) is 0 Å². The van der Waals surface area contributed by atoms with Gasteiger partial charge in [0, 0.05) is 31.5 Å². The molecule has 0 bridgehead atoms. The van der Waals surface area contributed by atoms with Crippen molar-refractivity contribution in [3.63, 3.8) is 0 Å². The van der Waals surface area contributed by atoms with Crippen LogP contribution in [-0.4, -0.2) is 29.1 Å². The first-order valence-corrected chi connectivity index (χ1v) is 5.13. The van der Waals surface area contributed by atoms with Crippen molar-refractivity contribution in [2.24, 2.45) is 0 Å². The van der Waals surface area contributed by atoms with Crippen LogP contribution in [0.1, 0.15) is 12.1 Å². The molecule has 0 amide bonds. The van der Waals surface area contributed by atoms with Gasteiger partial charge < -0.3 is 10.6 Å². The summed E-state index contributed by atoms with van der Waals surface area (Å²) in [5.74, 6) is 0. The lowest BCUT2D eigenvalue weighted by Gasteiger charge is -2.10. The minimum atomic E-state index is 0. The van der Waals surface area contributed by atoms with E-state index in [0.717, 1.165) is 25.2 Å². The van der Waals surface area contributed by atoms with Gasteiger partial charge in [0.05, 0.1) is 5.69 Å². The number of hydrogen-bond donors (Lipinski definition) is 2. The molecule has 1 aromatic heterocycles. The SMILES string of the molecule is Cl.Clc1nccnc1CNC1CCNC1. The maximum atomic E-state index is 5.88. The number of nitrogens with zero attached hydrogens (tertiary/aromatic N) is 2. The summed E-state index contributed by atoms with van der Waals surface area (Å²) < 4.78 is 0. The van der Waals surface area contributed by atoms with Crippen molar-refractivity contribution in [3.8, 4) is 0 Å². The molecule has 0 aliphatic carbocycles. The molecule has 0 spiro atoms. The van der Waals surface area contributed by atoms with Gasteiger partial charge in [-0.25, -0.2) is 4.98 Å². The Hall–Kier alpha value is -0.420. The predicted molar refractivity (Wildman–Crippen MR) is 62.4 cm³/mol. The molecule has 2 N–H and O–H groups in total. The fourth-order valence-electron chi connectivity index (χ4n) is 1.54. The maximum absolute atomic E-state index is 5.88. The van der Waals surface area contributed by atoms with E-state index in [1.165, 1.54) is 0 Å². The normalized spacial score (nSPS) is 19.9. The molecule has 1 unspecified atom stereocenters. The van der Waals surface area contributed by atoms with Crippen LogP contribution in [0.25, 0.3) is 0 Å². The van der Waals surface area contributed by atoms with Crippen LogP contribution in [0.2, 0.25) is 5.15 Å². The number of aromatic nitrogens is 2. The maximum Gasteiger partial charge on any atom is 0.151 e. The van der Waals surface area contributed by atoms with Gasteiger partial charge in [-0.3, -0.25) is 4.98 Å². The van der Waals surface area contributed by atoms with Crippen molar-refractivity contribution in [3.05, 3.63) is 23.2 Å². The second kappa shape index (κ2) is 6.23. The summed E-state index contributed by atoms with van der Waals surface area (Å²) in [6.07, 6.45) is 4.43. The van der Waals surface area contributed by atoms with Crippen LogP contribution < -0.4 is 10.6 Å². The third kappa shape index (κ3) is 3.57. The molecule has 1 aromatic rings. The van der Waals surface area contributed by atoms with Crippen LogP contribution in [0, 0.1) is 0 Å². The highest BCUT2D eigenvalue weighted by atomic mass is 35.5. The molecule has 1 atom stereocenters. The Bertz CT molecular complexity index is 302. The lowest BCUT2D eigenvalue weighted by molar-refractivity contribution is 0.541. The molecule has 2 rings (SSSR count). The molecule has 84 valence electrons. The first-order chi connectivity index (χ1) is 6.86. The summed E-state index contributed by atoms with van der Waals surface area (Å²) in [7, 11) is 0. The Kier molecular flexibility index (Phi) is 5.25. The van der Waals surface area contributed by atoms with E-state index < -0.39 is 0 Å². The van der Waals surface area contributed by atoms with Crippen molar-refractivity contribution in [2.45, 2.75) is 19.0 Å². The zero-order chi connectivity index (χ0) is 9.80. The van der Waals surface area contributed by atoms with E-state index in [0.29, 0.717) is 17.7 Å². The van der Waals surface area contributed by atoms with E-state index in [2.05, 4.69) is 20.6 Å². The number of rotatable bonds is 3. The Morgan fingerprint density at radius 2 is 2.27 bits per heavy atom. The van der Waals surface area contributed by atoms with Crippen molar-refractivity contribution in [2.75, 3.05) is 13.1 Å². The van der Waals surface area contributed by atoms with E-state index in [1.807, 2.05) is 0 Å². The average molecular weight is 249 g/mol. The lowest BCUT2D eigenvalue weighted by atomic mass is 10.2. The molecule has 1 fully saturated rings. The molecule has 1 saturated heterocycles. The highest BCUT2D eigenvalue weighted by molar-refractivity contribution is 6.29. The van der Waals surface area contributed by atoms with E-state index in [1.54, 1.807) is 12.4 Å². The zero-order valence-corrected chi connectivity index (χ0v) is 9.81. The van der Waals surface area contributed by atoms with E-state index >= 15 is 0 Å². The van der Waals surface area contributed by atoms with E-state index in [-0.39, 0.29) is 12.4 Å². The van der Waals surface area contributed by atoms with Crippen molar-refractivity contribution >= 4 is 24.0 Å². The summed E-state index contributed by atoms with van der Waals surface area (Å²) in [6, 6.07) is 0.535. The summed E-state index contributed by atoms with van der Waals surface area (Å²) in [5.41, 5.74) is 0.820. The molecule has 0 radical (unpaired) electrons. The van der Waals surface area contributed by atoms with Crippen molar-refractivity contribution in [1.82, 2.24) is 20.6 Å². The topological polar surface area (TPSA) is 49.8 Å². The van der Waals surface area contributed by atoms with Gasteiger partial charge in [0.25, 0.3) is 0 Å². The molecule has 15 heavy (non-hydrogen) atoms. The van der Waals surface area contributed by atoms with Gasteiger partial charge in [0.15, 0.2) is 5.15 Å². The molecule has 0 saturated carbocycles. The average Bonchev–Trinajstić information content (AvgIpc) is 2.69. The van der Waals surface area contributed by atoms with Crippen LogP contribution in [0.4, 0.5) is 0 Å². The monoisotopic (exact) mass is 248 g/mol. The van der Waals surface area contributed by atoms with Gasteiger partial charge in [0.2, 0.25) is 0 Å². The fourth-order valence-corrected chi connectivity index (χ4v) is 1.71. The third-order valence-corrected chi connectivity index (χ3v) is 2.66. The number of halogens is 2. The van der Waals surface area contributed by atoms with E-state index in [9.17, 15) is 0 Å². The fraction of sp³-hybridized carbons (Fsp3) is 0.556. The summed E-state index contributed by atoms with van der Waals surface area (Å²) in [5, 5.41) is 7.17. The molecule has 6 heteroatoms. The van der Waals surface area contributed by atoms with Gasteiger partial charge in [0.1, 0.15) is 0 Å². The molecular weight excluding hydrogens is 235 g/mol. The quantitative estimate of drug-likeness (QED) is 0.839. The molecule has 2 heterocycles. The summed E-state index contributed by atoms with van der Waals surface area (Å²) >= 11 is 5.88. The molecular formula is C9H14Cl2N4. The largest absolute Gasteiger partial charge is 0.315 e. The minimum absolute atomic E-state index is 0. The lowest BCUT2D eigenvalue weighted by Crippen LogP contribution is -2.30. The molecule has 1 aliphatic rings. The molecule has 0 aromatic carbocycles. The standard InChI is InChI=1S/C9H13ClN4.ClH/c10-9-8(12-3-4-13-9)6-14-7-1-2-11-5-7;/h3-4,7,11,14H,1-2,5-6H2;1H. The van der Waals surface area contributed by atoms with Crippen molar-refractivity contribution in [1.29, 1.82) is 0 Å². The Morgan fingerprint density at radius 3 is 2.93 bits per heavy atom. The van der Waals surface area contributed by atoms with Gasteiger partial charge in [-0.1, -0.05) is 11.6 Å². The zero-order valence-electron chi connectivity index (χ0n) is 8.24. The second-order valence-corrected chi connectivity index (χ2v) is 3.72. The first kappa shape index (κ1) is 12.6. The molecule has 1 aliphatic heterocycles. The number of hydrogen-bond acceptors (Lipinski definition) is 4. The molecule has 4 nitrogen and oxygen atoms in total. The second-order valence-electron chi connectivity index (χ2n) is 3.36. The van der Waals surface area contributed by atoms with Gasteiger partial charge in [-0.05, 0) is 13.0 Å². The van der Waals surface area contributed by atoms with Gasteiger partial charge >= 0.3 is 0 Å². The van der Waals surface area contributed by atoms with Crippen LogP contribution in [0.15, 0.2) is 12.4 Å². The third-order valence-electron chi connectivity index (χ3n) is 2.34. The van der Waals surface area contributed by atoms with Crippen LogP contribution in [0.5, 0.6) is 0 Å². The van der Waals surface area contributed by atoms with Gasteiger partial charge in [-0.15, -0.1) is 12.4 Å². The summed E-state index contributed by atoms with van der Waals surface area (Å²) in [4.78, 5) is 8.13. The predicted octanol–water partition coefficient (Wildman–Crippen LogP) is 1.00. The van der Waals surface area contributed by atoms with Crippen molar-refractivity contribution < 1.29 is 0 Å². The smallest absolute Gasteiger partial charge is 0.151 e. The van der Waals surface area contributed by atoms with Crippen LogP contribution >= 0.6 is 24.0 Å². The minimum Gasteiger partial charge on any atom is -0.315 e. The Balaban J connectivity index is 0.00000112. The highest BCUT2D eigenvalue weighted by Gasteiger charge is 2.14. The van der Waals surface area contributed by atoms with E-state index in [4.69, 9.17) is 11.6 Å². The Labute approximate surface area is 100 Å². The highest BCUT2D eigenvalue weighted by Crippen LogP contribution is 2.08. The van der Waals surface area contributed by atoms with Gasteiger partial charge in [-0.2, -0.15) is 0 Å². The Morgan fingerprint density at radius 1 is 1.47 bits per heavy atom. The number of nitrogens with one attached hydrogen (secondary N) is 2. The summed E-state index contributed by atoms with van der Waals surface area (Å²) in [6.45, 7) is 2.81.